The van der Waals surface area contributed by atoms with E-state index in [-0.39, 0.29) is 19.0 Å². The molecule has 0 radical (unpaired) electrons. The predicted octanol–water partition coefficient (Wildman–Crippen LogP) is 1.57. The molecule has 1 rings (SSSR count). The van der Waals surface area contributed by atoms with Gasteiger partial charge in [-0.2, -0.15) is 13.2 Å². The van der Waals surface area contributed by atoms with Gasteiger partial charge in [-0.05, 0) is 15.9 Å². The molecular formula is C8H10BrF3N4. The van der Waals surface area contributed by atoms with Gasteiger partial charge in [0, 0.05) is 25.5 Å². The highest BCUT2D eigenvalue weighted by Gasteiger charge is 2.31. The molecule has 0 bridgehead atoms. The molecule has 0 saturated heterocycles. The van der Waals surface area contributed by atoms with Gasteiger partial charge >= 0.3 is 6.18 Å². The molecule has 4 nitrogen and oxygen atoms in total. The fourth-order valence-corrected chi connectivity index (χ4v) is 1.30. The lowest BCUT2D eigenvalue weighted by molar-refractivity contribution is -0.119. The summed E-state index contributed by atoms with van der Waals surface area (Å²) >= 11 is 3.10. The van der Waals surface area contributed by atoms with E-state index < -0.39 is 12.7 Å². The monoisotopic (exact) mass is 298 g/mol. The van der Waals surface area contributed by atoms with Crippen molar-refractivity contribution in [2.24, 2.45) is 5.73 Å². The van der Waals surface area contributed by atoms with Crippen molar-refractivity contribution in [2.45, 2.75) is 6.18 Å². The maximum Gasteiger partial charge on any atom is 0.406 e. The largest absolute Gasteiger partial charge is 0.406 e. The molecule has 90 valence electrons. The zero-order valence-electron chi connectivity index (χ0n) is 8.21. The van der Waals surface area contributed by atoms with Gasteiger partial charge in [0.25, 0.3) is 0 Å². The summed E-state index contributed by atoms with van der Waals surface area (Å²) in [5.41, 5.74) is 5.24. The molecule has 0 spiro atoms. The highest BCUT2D eigenvalue weighted by Crippen LogP contribution is 2.19. The van der Waals surface area contributed by atoms with E-state index >= 15 is 0 Å². The Hall–Kier alpha value is -0.890. The molecule has 1 aromatic heterocycles. The summed E-state index contributed by atoms with van der Waals surface area (Å²) in [6.07, 6.45) is -1.52. The standard InChI is InChI=1S/C8H10BrF3N4/c9-6-3-14-7(15-4-6)16(2-1-13)5-8(10,11)12/h3-4H,1-2,5,13H2. The van der Waals surface area contributed by atoms with Crippen molar-refractivity contribution in [1.29, 1.82) is 0 Å². The molecule has 0 fully saturated rings. The molecule has 0 aromatic carbocycles. The SMILES string of the molecule is NCCN(CC(F)(F)F)c1ncc(Br)cn1. The Balaban J connectivity index is 2.80. The first-order valence-corrected chi connectivity index (χ1v) is 5.21. The van der Waals surface area contributed by atoms with E-state index in [1.807, 2.05) is 0 Å². The Morgan fingerprint density at radius 1 is 1.31 bits per heavy atom. The van der Waals surface area contributed by atoms with Gasteiger partial charge in [0.05, 0.1) is 4.47 Å². The lowest BCUT2D eigenvalue weighted by Crippen LogP contribution is -2.38. The van der Waals surface area contributed by atoms with Crippen LogP contribution in [0.5, 0.6) is 0 Å². The summed E-state index contributed by atoms with van der Waals surface area (Å²) in [5.74, 6) is 0.0194. The first-order valence-electron chi connectivity index (χ1n) is 4.41. The van der Waals surface area contributed by atoms with Gasteiger partial charge in [0.15, 0.2) is 0 Å². The molecule has 0 aliphatic rings. The normalized spacial score (nSPS) is 11.6. The van der Waals surface area contributed by atoms with Crippen LogP contribution >= 0.6 is 15.9 Å². The van der Waals surface area contributed by atoms with Crippen LogP contribution in [0.3, 0.4) is 0 Å². The van der Waals surface area contributed by atoms with Crippen LogP contribution in [0.15, 0.2) is 16.9 Å². The molecule has 16 heavy (non-hydrogen) atoms. The third kappa shape index (κ3) is 4.31. The number of hydrogen-bond acceptors (Lipinski definition) is 4. The van der Waals surface area contributed by atoms with Crippen LogP contribution in [-0.2, 0) is 0 Å². The number of halogens is 4. The Kier molecular flexibility index (Phi) is 4.48. The van der Waals surface area contributed by atoms with E-state index in [4.69, 9.17) is 5.73 Å². The van der Waals surface area contributed by atoms with Gasteiger partial charge < -0.3 is 10.6 Å². The molecule has 8 heteroatoms. The van der Waals surface area contributed by atoms with E-state index in [0.717, 1.165) is 4.90 Å². The maximum absolute atomic E-state index is 12.2. The van der Waals surface area contributed by atoms with Gasteiger partial charge in [0.1, 0.15) is 6.54 Å². The summed E-state index contributed by atoms with van der Waals surface area (Å²) in [5, 5.41) is 0. The Bertz CT molecular complexity index is 327. The van der Waals surface area contributed by atoms with E-state index in [1.54, 1.807) is 0 Å². The zero-order valence-corrected chi connectivity index (χ0v) is 9.79. The summed E-state index contributed by atoms with van der Waals surface area (Å²) in [6, 6.07) is 0. The van der Waals surface area contributed by atoms with Gasteiger partial charge in [-0.1, -0.05) is 0 Å². The first-order chi connectivity index (χ1) is 7.42. The van der Waals surface area contributed by atoms with Crippen molar-refractivity contribution in [1.82, 2.24) is 9.97 Å². The van der Waals surface area contributed by atoms with Crippen LogP contribution in [0.4, 0.5) is 19.1 Å². The highest BCUT2D eigenvalue weighted by molar-refractivity contribution is 9.10. The van der Waals surface area contributed by atoms with Crippen LogP contribution in [0.25, 0.3) is 0 Å². The van der Waals surface area contributed by atoms with Gasteiger partial charge in [-0.3, -0.25) is 0 Å². The summed E-state index contributed by atoms with van der Waals surface area (Å²) in [7, 11) is 0. The minimum atomic E-state index is -4.30. The second-order valence-electron chi connectivity index (χ2n) is 3.03. The first kappa shape index (κ1) is 13.2. The van der Waals surface area contributed by atoms with Gasteiger partial charge in [0.2, 0.25) is 5.95 Å². The van der Waals surface area contributed by atoms with Crippen LogP contribution in [-0.4, -0.2) is 35.8 Å². The highest BCUT2D eigenvalue weighted by atomic mass is 79.9. The second-order valence-corrected chi connectivity index (χ2v) is 3.94. The third-order valence-electron chi connectivity index (χ3n) is 1.66. The number of alkyl halides is 3. The van der Waals surface area contributed by atoms with Crippen molar-refractivity contribution in [2.75, 3.05) is 24.5 Å². The Morgan fingerprint density at radius 3 is 2.31 bits per heavy atom. The maximum atomic E-state index is 12.2. The fraction of sp³-hybridized carbons (Fsp3) is 0.500. The molecule has 0 aliphatic carbocycles. The van der Waals surface area contributed by atoms with Crippen molar-refractivity contribution >= 4 is 21.9 Å². The van der Waals surface area contributed by atoms with E-state index in [1.165, 1.54) is 12.4 Å². The topological polar surface area (TPSA) is 55.0 Å². The predicted molar refractivity (Wildman–Crippen MR) is 57.1 cm³/mol. The molecule has 0 amide bonds. The molecule has 1 heterocycles. The van der Waals surface area contributed by atoms with Gasteiger partial charge in [-0.15, -0.1) is 0 Å². The molecule has 0 saturated carbocycles. The van der Waals surface area contributed by atoms with Crippen LogP contribution in [0.2, 0.25) is 0 Å². The van der Waals surface area contributed by atoms with Crippen LogP contribution in [0.1, 0.15) is 0 Å². The summed E-state index contributed by atoms with van der Waals surface area (Å²) < 4.78 is 37.3. The van der Waals surface area contributed by atoms with Crippen molar-refractivity contribution < 1.29 is 13.2 Å². The van der Waals surface area contributed by atoms with Crippen molar-refractivity contribution in [3.8, 4) is 0 Å². The Morgan fingerprint density at radius 2 is 1.88 bits per heavy atom. The van der Waals surface area contributed by atoms with Crippen LogP contribution < -0.4 is 10.6 Å². The molecule has 0 unspecified atom stereocenters. The van der Waals surface area contributed by atoms with E-state index in [9.17, 15) is 13.2 Å². The summed E-state index contributed by atoms with van der Waals surface area (Å²) in [4.78, 5) is 8.58. The minimum Gasteiger partial charge on any atom is -0.330 e. The average molecular weight is 299 g/mol. The fourth-order valence-electron chi connectivity index (χ4n) is 1.09. The number of nitrogens with zero attached hydrogens (tertiary/aromatic N) is 3. The summed E-state index contributed by atoms with van der Waals surface area (Å²) in [6.45, 7) is -0.942. The number of rotatable bonds is 4. The molecule has 2 N–H and O–H groups in total. The van der Waals surface area contributed by atoms with E-state index in [0.29, 0.717) is 4.47 Å². The van der Waals surface area contributed by atoms with Crippen molar-refractivity contribution in [3.05, 3.63) is 16.9 Å². The van der Waals surface area contributed by atoms with E-state index in [2.05, 4.69) is 25.9 Å². The number of nitrogens with two attached hydrogens (primary N) is 1. The molecule has 1 aromatic rings. The quantitative estimate of drug-likeness (QED) is 0.917. The number of hydrogen-bond donors (Lipinski definition) is 1. The lowest BCUT2D eigenvalue weighted by Gasteiger charge is -2.22. The van der Waals surface area contributed by atoms with Gasteiger partial charge in [-0.25, -0.2) is 9.97 Å². The number of anilines is 1. The second kappa shape index (κ2) is 5.44. The smallest absolute Gasteiger partial charge is 0.330 e. The number of aromatic nitrogens is 2. The minimum absolute atomic E-state index is 0.0194. The Labute approximate surface area is 98.8 Å². The third-order valence-corrected chi connectivity index (χ3v) is 2.07. The zero-order chi connectivity index (χ0) is 12.2. The average Bonchev–Trinajstić information content (AvgIpc) is 2.16. The molecule has 0 atom stereocenters. The van der Waals surface area contributed by atoms with Crippen molar-refractivity contribution in [3.63, 3.8) is 0 Å². The van der Waals surface area contributed by atoms with Crippen LogP contribution in [0, 0.1) is 0 Å². The molecule has 0 aliphatic heterocycles. The lowest BCUT2D eigenvalue weighted by atomic mass is 10.4. The molecular weight excluding hydrogens is 289 g/mol.